The summed E-state index contributed by atoms with van der Waals surface area (Å²) in [6, 6.07) is 15.3. The van der Waals surface area contributed by atoms with Gasteiger partial charge in [-0.1, -0.05) is 36.4 Å². The van der Waals surface area contributed by atoms with E-state index in [4.69, 9.17) is 0 Å². The molecule has 1 amide bonds. The first-order valence-electron chi connectivity index (χ1n) is 9.51. The summed E-state index contributed by atoms with van der Waals surface area (Å²) in [7, 11) is -3.13. The molecule has 2 aromatic carbocycles. The Kier molecular flexibility index (Phi) is 5.91. The number of fused-ring (bicyclic) bond motifs is 1. The minimum absolute atomic E-state index is 0.0627. The number of benzene rings is 2. The molecule has 0 radical (unpaired) electrons. The van der Waals surface area contributed by atoms with Crippen molar-refractivity contribution >= 4 is 15.7 Å². The molecule has 0 fully saturated rings. The van der Waals surface area contributed by atoms with Crippen LogP contribution in [0.1, 0.15) is 40.9 Å². The predicted octanol–water partition coefficient (Wildman–Crippen LogP) is 2.80. The molecule has 1 N–H and O–H groups in total. The summed E-state index contributed by atoms with van der Waals surface area (Å²) >= 11 is 0. The number of rotatable bonds is 6. The lowest BCUT2D eigenvalue weighted by atomic mass is 9.94. The van der Waals surface area contributed by atoms with Crippen molar-refractivity contribution < 1.29 is 13.2 Å². The van der Waals surface area contributed by atoms with Crippen molar-refractivity contribution in [3.8, 4) is 0 Å². The largest absolute Gasteiger partial charge is 0.350 e. The Morgan fingerprint density at radius 3 is 2.54 bits per heavy atom. The van der Waals surface area contributed by atoms with Gasteiger partial charge in [-0.3, -0.25) is 9.69 Å². The third kappa shape index (κ3) is 5.20. The first-order chi connectivity index (χ1) is 13.1. The second-order valence-electron chi connectivity index (χ2n) is 8.21. The maximum Gasteiger partial charge on any atom is 0.251 e. The zero-order valence-corrected chi connectivity index (χ0v) is 17.6. The van der Waals surface area contributed by atoms with Crippen molar-refractivity contribution in [1.29, 1.82) is 0 Å². The van der Waals surface area contributed by atoms with Crippen LogP contribution in [0.5, 0.6) is 0 Å². The molecule has 0 unspecified atom stereocenters. The number of hydrogen-bond acceptors (Lipinski definition) is 4. The smallest absolute Gasteiger partial charge is 0.251 e. The number of hydrogen-bond donors (Lipinski definition) is 1. The van der Waals surface area contributed by atoms with Gasteiger partial charge in [0.15, 0.2) is 9.84 Å². The Morgan fingerprint density at radius 2 is 1.82 bits per heavy atom. The fourth-order valence-electron chi connectivity index (χ4n) is 3.63. The van der Waals surface area contributed by atoms with Crippen LogP contribution in [0.3, 0.4) is 0 Å². The van der Waals surface area contributed by atoms with Crippen LogP contribution in [0.2, 0.25) is 0 Å². The summed E-state index contributed by atoms with van der Waals surface area (Å²) in [6.45, 7) is 6.64. The fourth-order valence-corrected chi connectivity index (χ4v) is 4.41. The van der Waals surface area contributed by atoms with Crippen LogP contribution in [-0.4, -0.2) is 44.1 Å². The second-order valence-corrected chi connectivity index (χ2v) is 10.3. The van der Waals surface area contributed by atoms with Gasteiger partial charge in [0.25, 0.3) is 5.91 Å². The molecule has 1 aliphatic rings. The second kappa shape index (κ2) is 8.05. The number of sulfone groups is 1. The first-order valence-corrected chi connectivity index (χ1v) is 11.6. The Balaban J connectivity index is 1.63. The van der Waals surface area contributed by atoms with E-state index in [-0.39, 0.29) is 17.2 Å². The van der Waals surface area contributed by atoms with Crippen LogP contribution in [0.15, 0.2) is 48.5 Å². The highest BCUT2D eigenvalue weighted by molar-refractivity contribution is 7.89. The fraction of sp³-hybridized carbons (Fsp3) is 0.409. The molecule has 28 heavy (non-hydrogen) atoms. The average Bonchev–Trinajstić information content (AvgIpc) is 2.64. The van der Waals surface area contributed by atoms with E-state index in [9.17, 15) is 13.2 Å². The van der Waals surface area contributed by atoms with Gasteiger partial charge in [0.2, 0.25) is 0 Å². The summed E-state index contributed by atoms with van der Waals surface area (Å²) < 4.78 is 23.0. The van der Waals surface area contributed by atoms with E-state index in [2.05, 4.69) is 48.3 Å². The van der Waals surface area contributed by atoms with Gasteiger partial charge >= 0.3 is 0 Å². The lowest BCUT2D eigenvalue weighted by Gasteiger charge is -2.41. The lowest BCUT2D eigenvalue weighted by Crippen LogP contribution is -2.53. The molecule has 0 saturated carbocycles. The molecule has 0 atom stereocenters. The summed E-state index contributed by atoms with van der Waals surface area (Å²) in [4.78, 5) is 15.0. The maximum atomic E-state index is 12.6. The normalized spacial score (nSPS) is 15.1. The molecular weight excluding hydrogens is 372 g/mol. The highest BCUT2D eigenvalue weighted by Crippen LogP contribution is 2.25. The van der Waals surface area contributed by atoms with Crippen molar-refractivity contribution in [3.05, 3.63) is 70.8 Å². The molecule has 0 aliphatic carbocycles. The molecular formula is C22H28N2O3S. The zero-order valence-electron chi connectivity index (χ0n) is 16.7. The summed E-state index contributed by atoms with van der Waals surface area (Å²) in [5.41, 5.74) is 3.68. The van der Waals surface area contributed by atoms with E-state index >= 15 is 0 Å². The third-order valence-corrected chi connectivity index (χ3v) is 6.14. The van der Waals surface area contributed by atoms with Gasteiger partial charge in [0.05, 0.1) is 5.75 Å². The summed E-state index contributed by atoms with van der Waals surface area (Å²) in [6.07, 6.45) is 2.21. The van der Waals surface area contributed by atoms with Gasteiger partial charge in [0, 0.05) is 37.0 Å². The molecule has 6 heteroatoms. The molecule has 0 spiro atoms. The number of carbonyl (C=O) groups is 1. The van der Waals surface area contributed by atoms with Crippen LogP contribution >= 0.6 is 0 Å². The van der Waals surface area contributed by atoms with Gasteiger partial charge in [0.1, 0.15) is 0 Å². The van der Waals surface area contributed by atoms with Crippen LogP contribution in [0.25, 0.3) is 0 Å². The molecule has 0 bridgehead atoms. The van der Waals surface area contributed by atoms with Crippen molar-refractivity contribution in [2.75, 3.05) is 19.3 Å². The molecule has 1 heterocycles. The molecule has 0 saturated heterocycles. The zero-order chi connectivity index (χ0) is 20.4. The third-order valence-electron chi connectivity index (χ3n) is 5.29. The standard InChI is InChI=1S/C22H28N2O3S/c1-22(2,24-12-11-18-8-4-5-9-20(18)14-24)16-23-21(25)19-10-6-7-17(13-19)15-28(3,26)27/h4-10,13H,11-12,14-16H2,1-3H3,(H,23,25). The minimum Gasteiger partial charge on any atom is -0.350 e. The minimum atomic E-state index is -3.13. The Morgan fingerprint density at radius 1 is 1.11 bits per heavy atom. The number of carbonyl (C=O) groups excluding carboxylic acids is 1. The molecule has 2 aromatic rings. The number of nitrogens with zero attached hydrogens (tertiary/aromatic N) is 1. The lowest BCUT2D eigenvalue weighted by molar-refractivity contribution is 0.0826. The highest BCUT2D eigenvalue weighted by Gasteiger charge is 2.30. The highest BCUT2D eigenvalue weighted by atomic mass is 32.2. The van der Waals surface area contributed by atoms with Crippen molar-refractivity contribution in [2.24, 2.45) is 0 Å². The first kappa shape index (κ1) is 20.6. The SMILES string of the molecule is CC(C)(CNC(=O)c1cccc(CS(C)(=O)=O)c1)N1CCc2ccccc2C1. The molecule has 3 rings (SSSR count). The number of amides is 1. The van der Waals surface area contributed by atoms with Gasteiger partial charge in [-0.2, -0.15) is 0 Å². The monoisotopic (exact) mass is 400 g/mol. The summed E-state index contributed by atoms with van der Waals surface area (Å²) in [5.74, 6) is -0.242. The quantitative estimate of drug-likeness (QED) is 0.810. The summed E-state index contributed by atoms with van der Waals surface area (Å²) in [5, 5.41) is 3.02. The molecule has 5 nitrogen and oxygen atoms in total. The average molecular weight is 401 g/mol. The van der Waals surface area contributed by atoms with E-state index in [1.54, 1.807) is 24.3 Å². The van der Waals surface area contributed by atoms with Crippen LogP contribution < -0.4 is 5.32 Å². The van der Waals surface area contributed by atoms with Gasteiger partial charge < -0.3 is 5.32 Å². The van der Waals surface area contributed by atoms with E-state index < -0.39 is 9.84 Å². The maximum absolute atomic E-state index is 12.6. The van der Waals surface area contributed by atoms with Crippen molar-refractivity contribution in [2.45, 2.75) is 38.1 Å². The van der Waals surface area contributed by atoms with Gasteiger partial charge in [-0.15, -0.1) is 0 Å². The van der Waals surface area contributed by atoms with Crippen LogP contribution in [0.4, 0.5) is 0 Å². The Bertz CT molecular complexity index is 967. The van der Waals surface area contributed by atoms with Crippen molar-refractivity contribution in [3.63, 3.8) is 0 Å². The van der Waals surface area contributed by atoms with Gasteiger partial charge in [-0.05, 0) is 49.1 Å². The topological polar surface area (TPSA) is 66.5 Å². The molecule has 1 aliphatic heterocycles. The Hall–Kier alpha value is -2.18. The Labute approximate surface area is 167 Å². The van der Waals surface area contributed by atoms with E-state index in [1.165, 1.54) is 17.4 Å². The van der Waals surface area contributed by atoms with E-state index in [1.807, 2.05) is 0 Å². The van der Waals surface area contributed by atoms with E-state index in [0.29, 0.717) is 17.7 Å². The van der Waals surface area contributed by atoms with Crippen molar-refractivity contribution in [1.82, 2.24) is 10.2 Å². The van der Waals surface area contributed by atoms with Gasteiger partial charge in [-0.25, -0.2) is 8.42 Å². The predicted molar refractivity (Wildman–Crippen MR) is 112 cm³/mol. The van der Waals surface area contributed by atoms with Crippen LogP contribution in [-0.2, 0) is 28.6 Å². The van der Waals surface area contributed by atoms with E-state index in [0.717, 1.165) is 19.5 Å². The van der Waals surface area contributed by atoms with Crippen LogP contribution in [0, 0.1) is 0 Å². The molecule has 150 valence electrons. The molecule has 0 aromatic heterocycles. The number of nitrogens with one attached hydrogen (secondary N) is 1.